The van der Waals surface area contributed by atoms with Crippen LogP contribution in [0.25, 0.3) is 0 Å². The molecule has 2 rings (SSSR count). The van der Waals surface area contributed by atoms with Crippen LogP contribution < -0.4 is 4.74 Å². The summed E-state index contributed by atoms with van der Waals surface area (Å²) in [5.74, 6) is 0.889. The number of rotatable bonds is 5. The lowest BCUT2D eigenvalue weighted by Gasteiger charge is -2.04. The molecule has 0 N–H and O–H groups in total. The van der Waals surface area contributed by atoms with Crippen molar-refractivity contribution in [2.45, 2.75) is 11.3 Å². The zero-order valence-corrected chi connectivity index (χ0v) is 11.9. The second-order valence-corrected chi connectivity index (χ2v) is 5.06. The number of ketones is 1. The monoisotopic (exact) mass is 272 g/mol. The lowest BCUT2D eigenvalue weighted by atomic mass is 10.0. The van der Waals surface area contributed by atoms with Gasteiger partial charge in [-0.1, -0.05) is 12.1 Å². The fraction of sp³-hybridized carbons (Fsp3) is 0.188. The van der Waals surface area contributed by atoms with Gasteiger partial charge in [0, 0.05) is 16.9 Å². The first-order valence-electron chi connectivity index (χ1n) is 6.03. The molecule has 98 valence electrons. The van der Waals surface area contributed by atoms with E-state index in [9.17, 15) is 4.79 Å². The van der Waals surface area contributed by atoms with Crippen LogP contribution in [-0.4, -0.2) is 19.1 Å². The van der Waals surface area contributed by atoms with Gasteiger partial charge in [0.1, 0.15) is 5.75 Å². The Kier molecular flexibility index (Phi) is 4.63. The Labute approximate surface area is 117 Å². The largest absolute Gasteiger partial charge is 0.497 e. The summed E-state index contributed by atoms with van der Waals surface area (Å²) < 4.78 is 5.08. The number of methoxy groups -OCH3 is 1. The quantitative estimate of drug-likeness (QED) is 0.611. The van der Waals surface area contributed by atoms with Crippen LogP contribution in [0.2, 0.25) is 0 Å². The highest BCUT2D eigenvalue weighted by Gasteiger charge is 2.07. The van der Waals surface area contributed by atoms with Crippen LogP contribution in [0.4, 0.5) is 0 Å². The van der Waals surface area contributed by atoms with Gasteiger partial charge in [-0.25, -0.2) is 0 Å². The minimum Gasteiger partial charge on any atom is -0.497 e. The van der Waals surface area contributed by atoms with E-state index >= 15 is 0 Å². The Hall–Kier alpha value is -1.74. The minimum absolute atomic E-state index is 0.125. The fourth-order valence-corrected chi connectivity index (χ4v) is 2.22. The van der Waals surface area contributed by atoms with Crippen LogP contribution in [0.15, 0.2) is 53.4 Å². The summed E-state index contributed by atoms with van der Waals surface area (Å²) in [4.78, 5) is 13.3. The van der Waals surface area contributed by atoms with Crippen molar-refractivity contribution in [3.63, 3.8) is 0 Å². The molecule has 19 heavy (non-hydrogen) atoms. The Morgan fingerprint density at radius 2 is 1.68 bits per heavy atom. The number of carbonyl (C=O) groups excluding carboxylic acids is 1. The molecule has 0 atom stereocenters. The van der Waals surface area contributed by atoms with Gasteiger partial charge in [-0.2, -0.15) is 0 Å². The van der Waals surface area contributed by atoms with Crippen LogP contribution >= 0.6 is 11.8 Å². The molecular weight excluding hydrogens is 256 g/mol. The second kappa shape index (κ2) is 6.43. The van der Waals surface area contributed by atoms with E-state index in [-0.39, 0.29) is 5.78 Å². The van der Waals surface area contributed by atoms with Crippen molar-refractivity contribution in [2.75, 3.05) is 13.4 Å². The molecular formula is C16H16O2S. The summed E-state index contributed by atoms with van der Waals surface area (Å²) in [5.41, 5.74) is 1.76. The average molecular weight is 272 g/mol. The van der Waals surface area contributed by atoms with Crippen LogP contribution in [-0.2, 0) is 6.42 Å². The minimum atomic E-state index is 0.125. The molecule has 0 bridgehead atoms. The predicted octanol–water partition coefficient (Wildman–Crippen LogP) is 3.84. The van der Waals surface area contributed by atoms with Crippen molar-refractivity contribution in [3.8, 4) is 5.75 Å². The molecule has 0 amide bonds. The number of carbonyl (C=O) groups is 1. The van der Waals surface area contributed by atoms with E-state index in [1.54, 1.807) is 31.0 Å². The topological polar surface area (TPSA) is 26.3 Å². The molecule has 2 aromatic carbocycles. The molecule has 2 nitrogen and oxygen atoms in total. The van der Waals surface area contributed by atoms with Crippen LogP contribution in [0.5, 0.6) is 5.75 Å². The van der Waals surface area contributed by atoms with Gasteiger partial charge in [0.05, 0.1) is 7.11 Å². The third-order valence-electron chi connectivity index (χ3n) is 2.94. The number of thioether (sulfide) groups is 1. The Balaban J connectivity index is 2.06. The maximum atomic E-state index is 12.1. The Morgan fingerprint density at radius 1 is 1.05 bits per heavy atom. The number of hydrogen-bond donors (Lipinski definition) is 0. The number of ether oxygens (including phenoxy) is 1. The summed E-state index contributed by atoms with van der Waals surface area (Å²) in [6.45, 7) is 0. The number of hydrogen-bond acceptors (Lipinski definition) is 3. The molecule has 0 spiro atoms. The third-order valence-corrected chi connectivity index (χ3v) is 3.68. The normalized spacial score (nSPS) is 10.2. The highest BCUT2D eigenvalue weighted by molar-refractivity contribution is 7.98. The van der Waals surface area contributed by atoms with Gasteiger partial charge in [0.2, 0.25) is 0 Å². The molecule has 0 heterocycles. The van der Waals surface area contributed by atoms with E-state index in [0.29, 0.717) is 6.42 Å². The van der Waals surface area contributed by atoms with Crippen molar-refractivity contribution < 1.29 is 9.53 Å². The van der Waals surface area contributed by atoms with E-state index in [2.05, 4.69) is 0 Å². The van der Waals surface area contributed by atoms with Crippen LogP contribution in [0, 0.1) is 0 Å². The van der Waals surface area contributed by atoms with Crippen LogP contribution in [0.1, 0.15) is 15.9 Å². The Morgan fingerprint density at radius 3 is 2.21 bits per heavy atom. The molecule has 0 radical (unpaired) electrons. The molecule has 0 aliphatic heterocycles. The predicted molar refractivity (Wildman–Crippen MR) is 79.3 cm³/mol. The average Bonchev–Trinajstić information content (AvgIpc) is 2.48. The standard InChI is InChI=1S/C16H16O2S/c1-18-14-7-5-13(6-8-14)16(17)11-12-3-9-15(19-2)10-4-12/h3-10H,11H2,1-2H3. The van der Waals surface area contributed by atoms with Crippen molar-refractivity contribution >= 4 is 17.5 Å². The first-order valence-corrected chi connectivity index (χ1v) is 7.25. The first-order chi connectivity index (χ1) is 9.22. The first kappa shape index (κ1) is 13.7. The van der Waals surface area contributed by atoms with E-state index in [1.165, 1.54) is 4.90 Å². The lowest BCUT2D eigenvalue weighted by Crippen LogP contribution is -2.03. The molecule has 0 aliphatic carbocycles. The van der Waals surface area contributed by atoms with Gasteiger partial charge < -0.3 is 4.74 Å². The van der Waals surface area contributed by atoms with Gasteiger partial charge in [0.25, 0.3) is 0 Å². The van der Waals surface area contributed by atoms with Gasteiger partial charge in [0.15, 0.2) is 5.78 Å². The number of benzene rings is 2. The SMILES string of the molecule is COc1ccc(C(=O)Cc2ccc(SC)cc2)cc1. The lowest BCUT2D eigenvalue weighted by molar-refractivity contribution is 0.0993. The van der Waals surface area contributed by atoms with Gasteiger partial charge in [-0.3, -0.25) is 4.79 Å². The summed E-state index contributed by atoms with van der Waals surface area (Å²) in [6, 6.07) is 15.3. The molecule has 2 aromatic rings. The summed E-state index contributed by atoms with van der Waals surface area (Å²) in [5, 5.41) is 0. The van der Waals surface area contributed by atoms with Crippen LogP contribution in [0.3, 0.4) is 0 Å². The van der Waals surface area contributed by atoms with E-state index in [0.717, 1.165) is 16.9 Å². The number of Topliss-reactive ketones (excluding diaryl/α,β-unsaturated/α-hetero) is 1. The summed E-state index contributed by atoms with van der Waals surface area (Å²) >= 11 is 1.70. The molecule has 3 heteroatoms. The third kappa shape index (κ3) is 3.61. The zero-order chi connectivity index (χ0) is 13.7. The molecule has 0 unspecified atom stereocenters. The van der Waals surface area contributed by atoms with E-state index in [1.807, 2.05) is 42.7 Å². The fourth-order valence-electron chi connectivity index (χ4n) is 1.81. The summed E-state index contributed by atoms with van der Waals surface area (Å²) in [7, 11) is 1.62. The highest BCUT2D eigenvalue weighted by Crippen LogP contribution is 2.17. The maximum Gasteiger partial charge on any atom is 0.167 e. The smallest absolute Gasteiger partial charge is 0.167 e. The molecule has 0 saturated carbocycles. The molecule has 0 saturated heterocycles. The van der Waals surface area contributed by atoms with Crippen molar-refractivity contribution in [1.29, 1.82) is 0 Å². The summed E-state index contributed by atoms with van der Waals surface area (Å²) in [6.07, 6.45) is 2.47. The van der Waals surface area contributed by atoms with Crippen molar-refractivity contribution in [1.82, 2.24) is 0 Å². The molecule has 0 aromatic heterocycles. The second-order valence-electron chi connectivity index (χ2n) is 4.18. The molecule has 0 aliphatic rings. The van der Waals surface area contributed by atoms with Gasteiger partial charge >= 0.3 is 0 Å². The highest BCUT2D eigenvalue weighted by atomic mass is 32.2. The van der Waals surface area contributed by atoms with Gasteiger partial charge in [-0.15, -0.1) is 11.8 Å². The maximum absolute atomic E-state index is 12.1. The van der Waals surface area contributed by atoms with Crippen molar-refractivity contribution in [3.05, 3.63) is 59.7 Å². The zero-order valence-electron chi connectivity index (χ0n) is 11.1. The van der Waals surface area contributed by atoms with Crippen molar-refractivity contribution in [2.24, 2.45) is 0 Å². The van der Waals surface area contributed by atoms with E-state index < -0.39 is 0 Å². The van der Waals surface area contributed by atoms with E-state index in [4.69, 9.17) is 4.74 Å². The molecule has 0 fully saturated rings. The van der Waals surface area contributed by atoms with Gasteiger partial charge in [-0.05, 0) is 48.2 Å². The Bertz CT molecular complexity index is 544.